The van der Waals surface area contributed by atoms with Gasteiger partial charge in [-0.3, -0.25) is 0 Å². The summed E-state index contributed by atoms with van der Waals surface area (Å²) in [6.07, 6.45) is 0.941. The number of halogens is 2. The molecule has 1 N–H and O–H groups in total. The van der Waals surface area contributed by atoms with E-state index < -0.39 is 0 Å². The third kappa shape index (κ3) is 4.08. The largest absolute Gasteiger partial charge is 0.383 e. The van der Waals surface area contributed by atoms with Crippen LogP contribution in [0.4, 0.5) is 4.39 Å². The Hall–Kier alpha value is -0.640. The van der Waals surface area contributed by atoms with Crippen molar-refractivity contribution in [3.8, 4) is 0 Å². The summed E-state index contributed by atoms with van der Waals surface area (Å²) in [7, 11) is 1.66. The van der Waals surface area contributed by atoms with Crippen molar-refractivity contribution in [2.24, 2.45) is 0 Å². The van der Waals surface area contributed by atoms with E-state index in [1.807, 2.05) is 0 Å². The molecule has 0 aliphatic rings. The molecule has 0 fully saturated rings. The van der Waals surface area contributed by atoms with Crippen molar-refractivity contribution in [3.63, 3.8) is 0 Å². The van der Waals surface area contributed by atoms with Crippen LogP contribution in [-0.4, -0.2) is 19.8 Å². The van der Waals surface area contributed by atoms with Crippen LogP contribution in [0.2, 0.25) is 5.02 Å². The summed E-state index contributed by atoms with van der Waals surface area (Å²) in [6.45, 7) is 3.15. The summed E-state index contributed by atoms with van der Waals surface area (Å²) in [5.74, 6) is -0.232. The minimum absolute atomic E-state index is 0.232. The fourth-order valence-corrected chi connectivity index (χ4v) is 1.65. The number of hydrogen-bond donors (Lipinski definition) is 1. The lowest BCUT2D eigenvalue weighted by Gasteiger charge is -2.16. The van der Waals surface area contributed by atoms with E-state index >= 15 is 0 Å². The minimum Gasteiger partial charge on any atom is -0.383 e. The molecule has 0 aromatic heterocycles. The lowest BCUT2D eigenvalue weighted by atomic mass is 10.2. The van der Waals surface area contributed by atoms with E-state index in [0.29, 0.717) is 23.7 Å². The molecule has 1 rings (SSSR count). The molecule has 0 saturated heterocycles. The molecule has 16 heavy (non-hydrogen) atoms. The number of methoxy groups -OCH3 is 1. The molecule has 90 valence electrons. The van der Waals surface area contributed by atoms with Crippen LogP contribution in [0.5, 0.6) is 0 Å². The molecule has 0 saturated carbocycles. The first-order chi connectivity index (χ1) is 7.67. The van der Waals surface area contributed by atoms with Crippen molar-refractivity contribution < 1.29 is 9.13 Å². The Morgan fingerprint density at radius 3 is 2.88 bits per heavy atom. The van der Waals surface area contributed by atoms with E-state index in [4.69, 9.17) is 16.3 Å². The topological polar surface area (TPSA) is 21.3 Å². The Balaban J connectivity index is 2.55. The van der Waals surface area contributed by atoms with Crippen molar-refractivity contribution >= 4 is 11.6 Å². The molecule has 0 amide bonds. The van der Waals surface area contributed by atoms with Gasteiger partial charge in [-0.05, 0) is 24.6 Å². The van der Waals surface area contributed by atoms with Gasteiger partial charge in [0.1, 0.15) is 5.82 Å². The van der Waals surface area contributed by atoms with Crippen molar-refractivity contribution in [2.45, 2.75) is 25.9 Å². The molecule has 0 aliphatic carbocycles. The number of rotatable bonds is 6. The molecule has 1 aromatic carbocycles. The molecular formula is C12H17ClFNO. The molecule has 0 heterocycles. The van der Waals surface area contributed by atoms with Crippen LogP contribution in [0.25, 0.3) is 0 Å². The zero-order chi connectivity index (χ0) is 12.0. The van der Waals surface area contributed by atoms with E-state index in [0.717, 1.165) is 6.42 Å². The van der Waals surface area contributed by atoms with E-state index in [2.05, 4.69) is 12.2 Å². The smallest absolute Gasteiger partial charge is 0.127 e. The molecule has 1 atom stereocenters. The van der Waals surface area contributed by atoms with Gasteiger partial charge in [-0.25, -0.2) is 4.39 Å². The second-order valence-electron chi connectivity index (χ2n) is 3.68. The second kappa shape index (κ2) is 6.84. The number of benzene rings is 1. The van der Waals surface area contributed by atoms with Crippen LogP contribution in [0.1, 0.15) is 18.9 Å². The predicted octanol–water partition coefficient (Wildman–Crippen LogP) is 2.99. The molecule has 0 spiro atoms. The first-order valence-electron chi connectivity index (χ1n) is 5.33. The quantitative estimate of drug-likeness (QED) is 0.832. The van der Waals surface area contributed by atoms with Crippen LogP contribution in [0, 0.1) is 5.82 Å². The van der Waals surface area contributed by atoms with E-state index in [1.54, 1.807) is 19.2 Å². The van der Waals surface area contributed by atoms with Crippen molar-refractivity contribution in [1.29, 1.82) is 0 Å². The highest BCUT2D eigenvalue weighted by Gasteiger charge is 2.07. The maximum absolute atomic E-state index is 13.4. The van der Waals surface area contributed by atoms with E-state index in [-0.39, 0.29) is 11.9 Å². The third-order valence-corrected chi connectivity index (χ3v) is 2.68. The molecule has 4 heteroatoms. The first-order valence-corrected chi connectivity index (χ1v) is 5.71. The minimum atomic E-state index is -0.232. The van der Waals surface area contributed by atoms with Crippen molar-refractivity contribution in [1.82, 2.24) is 5.32 Å². The van der Waals surface area contributed by atoms with Gasteiger partial charge < -0.3 is 10.1 Å². The summed E-state index contributed by atoms with van der Waals surface area (Å²) in [5, 5.41) is 3.78. The Morgan fingerprint density at radius 2 is 2.25 bits per heavy atom. The van der Waals surface area contributed by atoms with Gasteiger partial charge in [0.15, 0.2) is 0 Å². The van der Waals surface area contributed by atoms with Crippen LogP contribution >= 0.6 is 11.6 Å². The molecule has 0 bridgehead atoms. The average Bonchev–Trinajstić information content (AvgIpc) is 2.28. The molecule has 2 nitrogen and oxygen atoms in total. The van der Waals surface area contributed by atoms with Crippen molar-refractivity contribution in [2.75, 3.05) is 13.7 Å². The molecular weight excluding hydrogens is 229 g/mol. The first kappa shape index (κ1) is 13.4. The van der Waals surface area contributed by atoms with Crippen molar-refractivity contribution in [3.05, 3.63) is 34.6 Å². The third-order valence-electron chi connectivity index (χ3n) is 2.45. The Bertz CT molecular complexity index is 333. The molecule has 1 unspecified atom stereocenters. The van der Waals surface area contributed by atoms with Crippen LogP contribution in [-0.2, 0) is 11.3 Å². The van der Waals surface area contributed by atoms with Crippen LogP contribution in [0.3, 0.4) is 0 Å². The fraction of sp³-hybridized carbons (Fsp3) is 0.500. The van der Waals surface area contributed by atoms with E-state index in [9.17, 15) is 4.39 Å². The summed E-state index contributed by atoms with van der Waals surface area (Å²) in [4.78, 5) is 0. The zero-order valence-electron chi connectivity index (χ0n) is 9.59. The molecule has 0 aliphatic heterocycles. The lowest BCUT2D eigenvalue weighted by Crippen LogP contribution is -2.32. The van der Waals surface area contributed by atoms with E-state index in [1.165, 1.54) is 6.07 Å². The van der Waals surface area contributed by atoms with Gasteiger partial charge in [-0.2, -0.15) is 0 Å². The Morgan fingerprint density at radius 1 is 1.50 bits per heavy atom. The van der Waals surface area contributed by atoms with Gasteiger partial charge in [-0.15, -0.1) is 0 Å². The lowest BCUT2D eigenvalue weighted by molar-refractivity contribution is 0.163. The Kier molecular flexibility index (Phi) is 5.74. The summed E-state index contributed by atoms with van der Waals surface area (Å²) < 4.78 is 18.4. The van der Waals surface area contributed by atoms with Crippen LogP contribution in [0.15, 0.2) is 18.2 Å². The standard InChI is InChI=1S/C12H17ClFNO/c1-3-11(8-16-2)15-7-9-6-10(13)4-5-12(9)14/h4-6,11,15H,3,7-8H2,1-2H3. The summed E-state index contributed by atoms with van der Waals surface area (Å²) >= 11 is 5.81. The highest BCUT2D eigenvalue weighted by Crippen LogP contribution is 2.14. The van der Waals surface area contributed by atoms with Gasteiger partial charge in [0.25, 0.3) is 0 Å². The summed E-state index contributed by atoms with van der Waals surface area (Å²) in [6, 6.07) is 4.82. The highest BCUT2D eigenvalue weighted by atomic mass is 35.5. The monoisotopic (exact) mass is 245 g/mol. The average molecular weight is 246 g/mol. The van der Waals surface area contributed by atoms with Gasteiger partial charge in [0, 0.05) is 30.3 Å². The maximum atomic E-state index is 13.4. The van der Waals surface area contributed by atoms with Gasteiger partial charge in [0.2, 0.25) is 0 Å². The number of hydrogen-bond acceptors (Lipinski definition) is 2. The zero-order valence-corrected chi connectivity index (χ0v) is 10.4. The SMILES string of the molecule is CCC(COC)NCc1cc(Cl)ccc1F. The number of nitrogens with one attached hydrogen (secondary N) is 1. The Labute approximate surface area is 101 Å². The second-order valence-corrected chi connectivity index (χ2v) is 4.11. The fourth-order valence-electron chi connectivity index (χ4n) is 1.46. The van der Waals surface area contributed by atoms with Gasteiger partial charge in [-0.1, -0.05) is 18.5 Å². The normalized spacial score (nSPS) is 12.8. The summed E-state index contributed by atoms with van der Waals surface area (Å²) in [5.41, 5.74) is 0.585. The van der Waals surface area contributed by atoms with Gasteiger partial charge >= 0.3 is 0 Å². The van der Waals surface area contributed by atoms with Crippen LogP contribution < -0.4 is 5.32 Å². The number of ether oxygens (including phenoxy) is 1. The highest BCUT2D eigenvalue weighted by molar-refractivity contribution is 6.30. The maximum Gasteiger partial charge on any atom is 0.127 e. The predicted molar refractivity (Wildman–Crippen MR) is 64.2 cm³/mol. The van der Waals surface area contributed by atoms with Gasteiger partial charge in [0.05, 0.1) is 6.61 Å². The molecule has 1 aromatic rings. The molecule has 0 radical (unpaired) electrons.